The number of aliphatic hydroxyl groups is 5. The molecule has 2 amide bonds. The van der Waals surface area contributed by atoms with E-state index in [1.165, 1.54) is 12.1 Å². The summed E-state index contributed by atoms with van der Waals surface area (Å²) in [4.78, 5) is 65.8. The van der Waals surface area contributed by atoms with E-state index < -0.39 is 117 Å². The van der Waals surface area contributed by atoms with E-state index in [9.17, 15) is 64.4 Å². The number of aliphatic hydroxyl groups excluding tert-OH is 5. The molecule has 0 spiro atoms. The molecule has 12 N–H and O–H groups in total. The van der Waals surface area contributed by atoms with E-state index in [-0.39, 0.29) is 17.1 Å². The Kier molecular flexibility index (Phi) is 12.8. The Morgan fingerprint density at radius 3 is 2.55 bits per heavy atom. The minimum absolute atomic E-state index is 0.0296. The molecule has 1 aromatic carbocycles. The topological polar surface area (TPSA) is 401 Å². The highest BCUT2D eigenvalue weighted by molar-refractivity contribution is 7.47. The fourth-order valence-corrected chi connectivity index (χ4v) is 6.40. The van der Waals surface area contributed by atoms with Gasteiger partial charge in [0.15, 0.2) is 6.23 Å². The summed E-state index contributed by atoms with van der Waals surface area (Å²) < 4.78 is 34.4. The number of carbonyl (C=O) groups excluding carboxylic acids is 2. The van der Waals surface area contributed by atoms with Crippen molar-refractivity contribution < 1.29 is 78.1 Å². The predicted molar refractivity (Wildman–Crippen MR) is 170 cm³/mol. The number of phosphoric ester groups is 1. The van der Waals surface area contributed by atoms with Crippen molar-refractivity contribution in [2.24, 2.45) is 5.11 Å². The van der Waals surface area contributed by atoms with Crippen LogP contribution in [-0.2, 0) is 32.7 Å². The molecule has 53 heavy (non-hydrogen) atoms. The third-order valence-electron chi connectivity index (χ3n) is 7.98. The quantitative estimate of drug-likeness (QED) is 0.0390. The molecule has 25 nitrogen and oxygen atoms in total. The van der Waals surface area contributed by atoms with Crippen molar-refractivity contribution in [1.82, 2.24) is 20.2 Å². The number of carboxylic acid groups (broad SMARTS) is 1. The summed E-state index contributed by atoms with van der Waals surface area (Å²) >= 11 is 0. The summed E-state index contributed by atoms with van der Waals surface area (Å²) in [6.45, 7) is -0.905. The zero-order valence-electron chi connectivity index (χ0n) is 27.2. The van der Waals surface area contributed by atoms with Crippen LogP contribution in [0.3, 0.4) is 0 Å². The number of nitrogens with zero attached hydrogens (tertiary/aromatic N) is 5. The molecule has 2 fully saturated rings. The smallest absolute Gasteiger partial charge is 0.475 e. The molecule has 2 aromatic rings. The summed E-state index contributed by atoms with van der Waals surface area (Å²) in [6.07, 6.45) is -15.4. The molecule has 2 saturated heterocycles. The minimum Gasteiger partial charge on any atom is -0.507 e. The first-order valence-corrected chi connectivity index (χ1v) is 16.7. The van der Waals surface area contributed by atoms with Gasteiger partial charge in [0.05, 0.1) is 30.4 Å². The van der Waals surface area contributed by atoms with E-state index >= 15 is 0 Å². The fourth-order valence-electron chi connectivity index (χ4n) is 5.45. The maximum absolute atomic E-state index is 13.1. The number of nitrogens with two attached hydrogens (primary N) is 1. The molecule has 290 valence electrons. The first kappa shape index (κ1) is 41.0. The number of rotatable bonds is 14. The number of nitrogen functional groups attached to an aromatic ring is 1. The average Bonchev–Trinajstić information content (AvgIpc) is 3.35. The van der Waals surface area contributed by atoms with Crippen LogP contribution >= 0.6 is 7.82 Å². The van der Waals surface area contributed by atoms with E-state index in [1.54, 1.807) is 0 Å². The summed E-state index contributed by atoms with van der Waals surface area (Å²) in [5.41, 5.74) is 12.6. The van der Waals surface area contributed by atoms with Gasteiger partial charge in [0.1, 0.15) is 42.1 Å². The summed E-state index contributed by atoms with van der Waals surface area (Å²) in [6, 6.07) is 2.73. The third-order valence-corrected chi connectivity index (χ3v) is 8.99. The van der Waals surface area contributed by atoms with Crippen LogP contribution in [0.25, 0.3) is 10.4 Å². The number of phenols is 1. The summed E-state index contributed by atoms with van der Waals surface area (Å²) in [7, 11) is -5.64. The second-order valence-electron chi connectivity index (χ2n) is 11.7. The highest BCUT2D eigenvalue weighted by Crippen LogP contribution is 2.51. The molecule has 0 aliphatic carbocycles. The second-order valence-corrected chi connectivity index (χ2v) is 13.1. The number of phosphoric acid groups is 1. The molecule has 0 saturated carbocycles. The lowest BCUT2D eigenvalue weighted by molar-refractivity contribution is -0.288. The molecule has 6 unspecified atom stereocenters. The van der Waals surface area contributed by atoms with Crippen LogP contribution < -0.4 is 22.1 Å². The number of hydrogen-bond donors (Lipinski definition) is 11. The van der Waals surface area contributed by atoms with Gasteiger partial charge in [-0.25, -0.2) is 18.7 Å². The lowest BCUT2D eigenvalue weighted by Crippen LogP contribution is -2.68. The second kappa shape index (κ2) is 16.5. The number of azide groups is 1. The van der Waals surface area contributed by atoms with Gasteiger partial charge in [-0.3, -0.25) is 18.7 Å². The zero-order chi connectivity index (χ0) is 39.4. The molecule has 2 aliphatic rings. The normalized spacial score (nSPS) is 29.2. The monoisotopic (exact) mass is 774 g/mol. The summed E-state index contributed by atoms with van der Waals surface area (Å²) in [5, 5.41) is 81.4. The standard InChI is InChI=1S/C27H35N8O17P/c1-10(36)31-18-14(38)7-27(25(44)45,51-22(18)19(40)15(39)8-30-23(43)12-3-2-11(33-34-29)6-13(12)37)52-53(47,48)49-9-16-20(41)21(42)24(50-16)35-5-4-17(28)32-26(35)46/h2-6,14-16,18-22,24,37-42H,7-9H2,1H3,(H,30,43)(H,31,36)(H,44,45)(H,47,48)(H2,28,32,46)/t14?,15-,16-,18?,19-,20-,21-,22?,24?,27?/m1/s1. The van der Waals surface area contributed by atoms with Gasteiger partial charge in [0, 0.05) is 36.7 Å². The van der Waals surface area contributed by atoms with E-state index in [1.807, 2.05) is 0 Å². The lowest BCUT2D eigenvalue weighted by Gasteiger charge is -2.46. The Morgan fingerprint density at radius 2 is 1.94 bits per heavy atom. The molecular weight excluding hydrogens is 739 g/mol. The Hall–Kier alpha value is -4.75. The third kappa shape index (κ3) is 9.44. The van der Waals surface area contributed by atoms with Crippen molar-refractivity contribution in [3.05, 3.63) is 57.0 Å². The number of aromatic nitrogens is 2. The van der Waals surface area contributed by atoms with Gasteiger partial charge in [-0.15, -0.1) is 0 Å². The van der Waals surface area contributed by atoms with Gasteiger partial charge in [-0.05, 0) is 23.7 Å². The van der Waals surface area contributed by atoms with Gasteiger partial charge in [-0.2, -0.15) is 4.98 Å². The van der Waals surface area contributed by atoms with E-state index in [0.29, 0.717) is 0 Å². The molecule has 2 aliphatic heterocycles. The van der Waals surface area contributed by atoms with Gasteiger partial charge < -0.3 is 66.5 Å². The molecule has 26 heteroatoms. The number of carboxylic acids is 1. The number of hydrogen-bond acceptors (Lipinski definition) is 18. The molecule has 0 radical (unpaired) electrons. The van der Waals surface area contributed by atoms with Crippen molar-refractivity contribution in [1.29, 1.82) is 0 Å². The lowest BCUT2D eigenvalue weighted by atomic mass is 9.88. The van der Waals surface area contributed by atoms with Gasteiger partial charge >= 0.3 is 19.5 Å². The van der Waals surface area contributed by atoms with Crippen LogP contribution in [0.2, 0.25) is 0 Å². The van der Waals surface area contributed by atoms with Crippen LogP contribution in [-0.4, -0.2) is 136 Å². The Bertz CT molecular complexity index is 1860. The van der Waals surface area contributed by atoms with Crippen molar-refractivity contribution in [3.63, 3.8) is 0 Å². The van der Waals surface area contributed by atoms with Gasteiger partial charge in [-0.1, -0.05) is 11.2 Å². The van der Waals surface area contributed by atoms with Crippen molar-refractivity contribution in [2.45, 2.75) is 74.1 Å². The van der Waals surface area contributed by atoms with Crippen LogP contribution in [0.4, 0.5) is 11.5 Å². The van der Waals surface area contributed by atoms with Crippen molar-refractivity contribution in [3.8, 4) is 5.75 Å². The highest BCUT2D eigenvalue weighted by atomic mass is 31.2. The predicted octanol–water partition coefficient (Wildman–Crippen LogP) is -3.19. The molecular formula is C27H35N8O17P. The molecule has 11 atom stereocenters. The first-order chi connectivity index (χ1) is 24.8. The SMILES string of the molecule is CC(=O)NC1C(O)CC(OP(=O)(O)OC[C@H]2OC(n3ccc(N)nc3=O)[C@H](O)[C@@H]2O)(C(=O)O)OC1[C@H](O)[C@H](O)CNC(=O)c1ccc(N=[N+]=[N-])cc1O. The fraction of sp³-hybridized carbons (Fsp3) is 0.519. The molecule has 1 aromatic heterocycles. The van der Waals surface area contributed by atoms with E-state index in [0.717, 1.165) is 29.8 Å². The van der Waals surface area contributed by atoms with Gasteiger partial charge in [0.25, 0.3) is 11.7 Å². The Balaban J connectivity index is 1.49. The highest BCUT2D eigenvalue weighted by Gasteiger charge is 2.59. The number of aliphatic carboxylic acids is 1. The van der Waals surface area contributed by atoms with Crippen LogP contribution in [0, 0.1) is 0 Å². The number of nitrogens with one attached hydrogen (secondary N) is 2. The number of benzene rings is 1. The Morgan fingerprint density at radius 1 is 1.25 bits per heavy atom. The number of carbonyl (C=O) groups is 3. The zero-order valence-corrected chi connectivity index (χ0v) is 28.1. The average molecular weight is 775 g/mol. The summed E-state index contributed by atoms with van der Waals surface area (Å²) in [5.74, 6) is -8.09. The maximum atomic E-state index is 13.1. The van der Waals surface area contributed by atoms with Crippen LogP contribution in [0.15, 0.2) is 40.4 Å². The van der Waals surface area contributed by atoms with Crippen molar-refractivity contribution in [2.75, 3.05) is 18.9 Å². The first-order valence-electron chi connectivity index (χ1n) is 15.2. The largest absolute Gasteiger partial charge is 0.507 e. The van der Waals surface area contributed by atoms with Crippen LogP contribution in [0.5, 0.6) is 5.75 Å². The number of amides is 2. The Labute approximate surface area is 296 Å². The number of ether oxygens (including phenoxy) is 2. The van der Waals surface area contributed by atoms with Crippen molar-refractivity contribution >= 4 is 37.1 Å². The minimum atomic E-state index is -5.64. The number of phenolic OH excluding ortho intramolecular Hbond substituents is 1. The van der Waals surface area contributed by atoms with Gasteiger partial charge in [0.2, 0.25) is 5.91 Å². The van der Waals surface area contributed by atoms with Crippen LogP contribution in [0.1, 0.15) is 29.9 Å². The molecule has 3 heterocycles. The van der Waals surface area contributed by atoms with E-state index in [2.05, 4.69) is 25.6 Å². The van der Waals surface area contributed by atoms with E-state index in [4.69, 9.17) is 29.8 Å². The molecule has 0 bridgehead atoms. The maximum Gasteiger partial charge on any atom is 0.475 e. The molecule has 4 rings (SSSR count). The number of aromatic hydroxyl groups is 1. The number of anilines is 1.